The Morgan fingerprint density at radius 2 is 2.10 bits per heavy atom. The molecular formula is C17H27NO2. The van der Waals surface area contributed by atoms with E-state index in [1.54, 1.807) is 0 Å². The summed E-state index contributed by atoms with van der Waals surface area (Å²) >= 11 is 0. The summed E-state index contributed by atoms with van der Waals surface area (Å²) in [6, 6.07) is 4.13. The van der Waals surface area contributed by atoms with Crippen LogP contribution in [0.3, 0.4) is 0 Å². The first-order valence-electron chi connectivity index (χ1n) is 7.78. The van der Waals surface area contributed by atoms with Crippen LogP contribution < -0.4 is 5.32 Å². The Kier molecular flexibility index (Phi) is 5.44. The Morgan fingerprint density at radius 3 is 2.85 bits per heavy atom. The summed E-state index contributed by atoms with van der Waals surface area (Å²) in [4.78, 5) is 0. The molecule has 0 bridgehead atoms. The van der Waals surface area contributed by atoms with Gasteiger partial charge in [0.15, 0.2) is 0 Å². The summed E-state index contributed by atoms with van der Waals surface area (Å²) in [5.41, 5.74) is 3.75. The molecule has 1 aromatic rings. The van der Waals surface area contributed by atoms with Crippen molar-refractivity contribution in [2.24, 2.45) is 0 Å². The molecule has 3 heteroatoms. The van der Waals surface area contributed by atoms with Gasteiger partial charge in [-0.15, -0.1) is 0 Å². The van der Waals surface area contributed by atoms with E-state index in [0.29, 0.717) is 11.7 Å². The fraction of sp³-hybridized carbons (Fsp3) is 0.647. The molecule has 2 N–H and O–H groups in total. The standard InChI is InChI=1S/C17H27NO2/c1-4-9-20-10-5-8-18-14-11-13(3)16-12(2)6-7-15(19)17(14)16/h6-7,13-14,18-19H,4-5,8-11H2,1-3H3. The number of phenols is 1. The molecule has 0 fully saturated rings. The van der Waals surface area contributed by atoms with Gasteiger partial charge in [0.2, 0.25) is 0 Å². The molecule has 0 saturated heterocycles. The largest absolute Gasteiger partial charge is 0.508 e. The lowest BCUT2D eigenvalue weighted by Crippen LogP contribution is -2.21. The van der Waals surface area contributed by atoms with Crippen LogP contribution in [0.4, 0.5) is 0 Å². The van der Waals surface area contributed by atoms with Crippen molar-refractivity contribution in [2.45, 2.75) is 52.0 Å². The van der Waals surface area contributed by atoms with E-state index in [0.717, 1.165) is 44.6 Å². The van der Waals surface area contributed by atoms with Gasteiger partial charge < -0.3 is 15.2 Å². The summed E-state index contributed by atoms with van der Waals surface area (Å²) in [5.74, 6) is 0.959. The van der Waals surface area contributed by atoms with Gasteiger partial charge in [-0.1, -0.05) is 19.9 Å². The summed E-state index contributed by atoms with van der Waals surface area (Å²) in [6.45, 7) is 9.11. The third kappa shape index (κ3) is 3.33. The summed E-state index contributed by atoms with van der Waals surface area (Å²) < 4.78 is 5.49. The van der Waals surface area contributed by atoms with Crippen LogP contribution in [-0.2, 0) is 4.74 Å². The molecule has 0 spiro atoms. The van der Waals surface area contributed by atoms with Gasteiger partial charge in [-0.25, -0.2) is 0 Å². The van der Waals surface area contributed by atoms with E-state index in [4.69, 9.17) is 4.74 Å². The molecular weight excluding hydrogens is 250 g/mol. The normalized spacial score (nSPS) is 21.1. The SMILES string of the molecule is CCCOCCCNC1CC(C)c2c(C)ccc(O)c21. The fourth-order valence-corrected chi connectivity index (χ4v) is 3.23. The summed E-state index contributed by atoms with van der Waals surface area (Å²) in [6.07, 6.45) is 3.17. The minimum absolute atomic E-state index is 0.283. The highest BCUT2D eigenvalue weighted by Gasteiger charge is 2.31. The van der Waals surface area contributed by atoms with E-state index in [9.17, 15) is 5.11 Å². The zero-order chi connectivity index (χ0) is 14.5. The highest BCUT2D eigenvalue weighted by atomic mass is 16.5. The van der Waals surface area contributed by atoms with Crippen LogP contribution in [0.2, 0.25) is 0 Å². The molecule has 0 aliphatic heterocycles. The number of benzene rings is 1. The first kappa shape index (κ1) is 15.3. The van der Waals surface area contributed by atoms with Gasteiger partial charge in [0, 0.05) is 24.8 Å². The van der Waals surface area contributed by atoms with Crippen molar-refractivity contribution in [2.75, 3.05) is 19.8 Å². The molecule has 0 aromatic heterocycles. The minimum atomic E-state index is 0.283. The molecule has 0 amide bonds. The Hall–Kier alpha value is -1.06. The van der Waals surface area contributed by atoms with Crippen LogP contribution in [0.15, 0.2) is 12.1 Å². The number of fused-ring (bicyclic) bond motifs is 1. The Morgan fingerprint density at radius 1 is 1.30 bits per heavy atom. The zero-order valence-electron chi connectivity index (χ0n) is 12.9. The first-order chi connectivity index (χ1) is 9.65. The Bertz CT molecular complexity index is 445. The first-order valence-corrected chi connectivity index (χ1v) is 7.78. The lowest BCUT2D eigenvalue weighted by atomic mass is 9.97. The number of aryl methyl sites for hydroxylation is 1. The number of nitrogens with one attached hydrogen (secondary N) is 1. The summed E-state index contributed by atoms with van der Waals surface area (Å²) in [7, 11) is 0. The fourth-order valence-electron chi connectivity index (χ4n) is 3.23. The van der Waals surface area contributed by atoms with Gasteiger partial charge >= 0.3 is 0 Å². The molecule has 0 radical (unpaired) electrons. The van der Waals surface area contributed by atoms with Crippen LogP contribution in [0.5, 0.6) is 5.75 Å². The number of aromatic hydroxyl groups is 1. The van der Waals surface area contributed by atoms with Crippen LogP contribution in [-0.4, -0.2) is 24.9 Å². The number of hydrogen-bond acceptors (Lipinski definition) is 3. The second kappa shape index (κ2) is 7.09. The van der Waals surface area contributed by atoms with Crippen molar-refractivity contribution >= 4 is 0 Å². The average Bonchev–Trinajstić information content (AvgIpc) is 2.76. The second-order valence-electron chi connectivity index (χ2n) is 5.84. The molecule has 2 atom stereocenters. The smallest absolute Gasteiger partial charge is 0.120 e. The third-order valence-electron chi connectivity index (χ3n) is 4.12. The maximum Gasteiger partial charge on any atom is 0.120 e. The molecule has 2 unspecified atom stereocenters. The monoisotopic (exact) mass is 277 g/mol. The average molecular weight is 277 g/mol. The molecule has 0 heterocycles. The quantitative estimate of drug-likeness (QED) is 0.747. The van der Waals surface area contributed by atoms with E-state index in [2.05, 4.69) is 26.1 Å². The molecule has 0 saturated carbocycles. The zero-order valence-corrected chi connectivity index (χ0v) is 12.9. The summed E-state index contributed by atoms with van der Waals surface area (Å²) in [5, 5.41) is 13.7. The van der Waals surface area contributed by atoms with Crippen LogP contribution in [0, 0.1) is 6.92 Å². The van der Waals surface area contributed by atoms with E-state index in [1.807, 2.05) is 12.1 Å². The van der Waals surface area contributed by atoms with Gasteiger partial charge in [0.1, 0.15) is 5.75 Å². The molecule has 1 aliphatic carbocycles. The number of hydrogen-bond donors (Lipinski definition) is 2. The molecule has 1 aliphatic rings. The van der Waals surface area contributed by atoms with Gasteiger partial charge in [0.25, 0.3) is 0 Å². The highest BCUT2D eigenvalue weighted by molar-refractivity contribution is 5.50. The highest BCUT2D eigenvalue weighted by Crippen LogP contribution is 2.45. The Labute approximate surface area is 122 Å². The Balaban J connectivity index is 1.91. The maximum absolute atomic E-state index is 10.2. The topological polar surface area (TPSA) is 41.5 Å². The van der Waals surface area contributed by atoms with Crippen LogP contribution >= 0.6 is 0 Å². The van der Waals surface area contributed by atoms with E-state index in [1.165, 1.54) is 11.1 Å². The second-order valence-corrected chi connectivity index (χ2v) is 5.84. The van der Waals surface area contributed by atoms with E-state index in [-0.39, 0.29) is 6.04 Å². The van der Waals surface area contributed by atoms with E-state index >= 15 is 0 Å². The van der Waals surface area contributed by atoms with Gasteiger partial charge in [-0.05, 0) is 55.8 Å². The third-order valence-corrected chi connectivity index (χ3v) is 4.12. The number of ether oxygens (including phenoxy) is 1. The number of phenolic OH excluding ortho intramolecular Hbond substituents is 1. The van der Waals surface area contributed by atoms with Crippen LogP contribution in [0.1, 0.15) is 61.8 Å². The van der Waals surface area contributed by atoms with Crippen molar-refractivity contribution in [3.63, 3.8) is 0 Å². The van der Waals surface area contributed by atoms with Gasteiger partial charge in [-0.3, -0.25) is 0 Å². The maximum atomic E-state index is 10.2. The van der Waals surface area contributed by atoms with Crippen molar-refractivity contribution in [1.82, 2.24) is 5.32 Å². The van der Waals surface area contributed by atoms with E-state index < -0.39 is 0 Å². The predicted octanol–water partition coefficient (Wildman–Crippen LogP) is 3.66. The van der Waals surface area contributed by atoms with Crippen molar-refractivity contribution in [3.8, 4) is 5.75 Å². The van der Waals surface area contributed by atoms with Gasteiger partial charge in [-0.2, -0.15) is 0 Å². The lowest BCUT2D eigenvalue weighted by molar-refractivity contribution is 0.131. The molecule has 1 aromatic carbocycles. The molecule has 3 nitrogen and oxygen atoms in total. The molecule has 20 heavy (non-hydrogen) atoms. The van der Waals surface area contributed by atoms with Crippen LogP contribution in [0.25, 0.3) is 0 Å². The van der Waals surface area contributed by atoms with Crippen molar-refractivity contribution in [1.29, 1.82) is 0 Å². The number of rotatable bonds is 7. The van der Waals surface area contributed by atoms with Gasteiger partial charge in [0.05, 0.1) is 0 Å². The molecule has 112 valence electrons. The lowest BCUT2D eigenvalue weighted by Gasteiger charge is -2.16. The van der Waals surface area contributed by atoms with Crippen molar-refractivity contribution < 1.29 is 9.84 Å². The predicted molar refractivity (Wildman–Crippen MR) is 82.3 cm³/mol. The minimum Gasteiger partial charge on any atom is -0.508 e. The van der Waals surface area contributed by atoms with Crippen molar-refractivity contribution in [3.05, 3.63) is 28.8 Å². The molecule has 2 rings (SSSR count).